The van der Waals surface area contributed by atoms with E-state index in [4.69, 9.17) is 9.15 Å². The van der Waals surface area contributed by atoms with Gasteiger partial charge in [0.1, 0.15) is 11.6 Å². The van der Waals surface area contributed by atoms with Crippen LogP contribution in [0.4, 0.5) is 17.2 Å². The fourth-order valence-electron chi connectivity index (χ4n) is 3.39. The largest absolute Gasteiger partial charge is 0.461 e. The average Bonchev–Trinajstić information content (AvgIpc) is 3.41. The molecule has 8 nitrogen and oxygen atoms in total. The third kappa shape index (κ3) is 4.98. The smallest absolute Gasteiger partial charge is 0.360 e. The van der Waals surface area contributed by atoms with Crippen molar-refractivity contribution in [1.82, 2.24) is 15.0 Å². The number of fused-ring (bicyclic) bond motifs is 1. The van der Waals surface area contributed by atoms with E-state index in [1.54, 1.807) is 24.5 Å². The molecule has 0 atom stereocenters. The van der Waals surface area contributed by atoms with Crippen molar-refractivity contribution in [3.8, 4) is 11.5 Å². The van der Waals surface area contributed by atoms with Crippen LogP contribution >= 0.6 is 11.3 Å². The highest BCUT2D eigenvalue weighted by atomic mass is 32.1. The third-order valence-electron chi connectivity index (χ3n) is 4.83. The molecule has 4 rings (SSSR count). The molecule has 0 aliphatic rings. The number of benzene rings is 1. The van der Waals surface area contributed by atoms with Crippen LogP contribution in [-0.4, -0.2) is 33.6 Å². The van der Waals surface area contributed by atoms with Crippen molar-refractivity contribution >= 4 is 44.7 Å². The lowest BCUT2D eigenvalue weighted by Crippen LogP contribution is -2.11. The molecule has 1 aromatic carbocycles. The molecule has 0 bridgehead atoms. The van der Waals surface area contributed by atoms with E-state index in [0.717, 1.165) is 21.6 Å². The van der Waals surface area contributed by atoms with E-state index >= 15 is 0 Å². The van der Waals surface area contributed by atoms with Crippen molar-refractivity contribution in [3.63, 3.8) is 0 Å². The molecule has 0 aliphatic heterocycles. The minimum Gasteiger partial charge on any atom is -0.461 e. The summed E-state index contributed by atoms with van der Waals surface area (Å²) in [5, 5.41) is 6.78. The van der Waals surface area contributed by atoms with Gasteiger partial charge in [0.25, 0.3) is 0 Å². The zero-order valence-electron chi connectivity index (χ0n) is 19.3. The predicted octanol–water partition coefficient (Wildman–Crippen LogP) is 6.21. The van der Waals surface area contributed by atoms with Gasteiger partial charge in [0.05, 0.1) is 33.6 Å². The first kappa shape index (κ1) is 22.7. The highest BCUT2D eigenvalue weighted by Gasteiger charge is 2.25. The first-order chi connectivity index (χ1) is 15.9. The van der Waals surface area contributed by atoms with Crippen molar-refractivity contribution < 1.29 is 13.9 Å². The molecular formula is C24H27N5O3S. The molecule has 0 aliphatic carbocycles. The lowest BCUT2D eigenvalue weighted by molar-refractivity contribution is 0.0517. The average molecular weight is 466 g/mol. The summed E-state index contributed by atoms with van der Waals surface area (Å²) in [7, 11) is 0. The monoisotopic (exact) mass is 465 g/mol. The lowest BCUT2D eigenvalue weighted by atomic mass is 10.1. The van der Waals surface area contributed by atoms with Crippen LogP contribution in [-0.2, 0) is 4.74 Å². The highest BCUT2D eigenvalue weighted by molar-refractivity contribution is 7.16. The summed E-state index contributed by atoms with van der Waals surface area (Å²) in [4.78, 5) is 25.8. The molecule has 0 spiro atoms. The van der Waals surface area contributed by atoms with Crippen molar-refractivity contribution in [2.24, 2.45) is 0 Å². The molecular weight excluding hydrogens is 438 g/mol. The molecule has 2 N–H and O–H groups in total. The molecule has 0 radical (unpaired) electrons. The maximum Gasteiger partial charge on any atom is 0.360 e. The first-order valence-electron chi connectivity index (χ1n) is 10.9. The van der Waals surface area contributed by atoms with E-state index in [0.29, 0.717) is 23.0 Å². The summed E-state index contributed by atoms with van der Waals surface area (Å²) in [6.07, 6.45) is 1.70. The van der Waals surface area contributed by atoms with E-state index < -0.39 is 5.97 Å². The number of thiazole rings is 1. The number of ether oxygens (including phenoxy) is 1. The number of hydrogen-bond donors (Lipinski definition) is 2. The second kappa shape index (κ2) is 9.58. The Balaban J connectivity index is 1.71. The number of anilines is 3. The number of aromatic nitrogens is 3. The standard InChI is InChI=1S/C24H27N5O3S/c1-6-31-24(30)21-22(13(2)3)32-23(29-21)16-11-25-20(10-18(16)27-14(4)5)28-15-7-8-17-19(9-15)33-12-26-17/h7-14H,6H2,1-5H3,(H2,25,27,28). The SMILES string of the molecule is CCOC(=O)c1nc(-c2cnc(Nc3ccc4ncsc4c3)cc2NC(C)C)oc1C(C)C. The fraction of sp³-hybridized carbons (Fsp3) is 0.333. The van der Waals surface area contributed by atoms with Gasteiger partial charge in [-0.25, -0.2) is 19.7 Å². The summed E-state index contributed by atoms with van der Waals surface area (Å²) in [5.41, 5.74) is 5.40. The normalized spacial score (nSPS) is 11.4. The van der Waals surface area contributed by atoms with Gasteiger partial charge in [-0.1, -0.05) is 13.8 Å². The van der Waals surface area contributed by atoms with E-state index in [9.17, 15) is 4.79 Å². The van der Waals surface area contributed by atoms with Crippen LogP contribution in [0, 0.1) is 0 Å². The fourth-order valence-corrected chi connectivity index (χ4v) is 4.11. The quantitative estimate of drug-likeness (QED) is 0.296. The predicted molar refractivity (Wildman–Crippen MR) is 131 cm³/mol. The van der Waals surface area contributed by atoms with E-state index in [1.165, 1.54) is 0 Å². The Hall–Kier alpha value is -3.46. The number of pyridine rings is 1. The summed E-state index contributed by atoms with van der Waals surface area (Å²) < 4.78 is 12.3. The second-order valence-corrected chi connectivity index (χ2v) is 9.07. The number of hydrogen-bond acceptors (Lipinski definition) is 9. The molecule has 0 fully saturated rings. The second-order valence-electron chi connectivity index (χ2n) is 8.18. The van der Waals surface area contributed by atoms with Crippen molar-refractivity contribution in [3.05, 3.63) is 47.4 Å². The Kier molecular flexibility index (Phi) is 6.60. The van der Waals surface area contributed by atoms with Gasteiger partial charge >= 0.3 is 5.97 Å². The Labute approximate surface area is 196 Å². The van der Waals surface area contributed by atoms with Gasteiger partial charge < -0.3 is 19.8 Å². The van der Waals surface area contributed by atoms with Crippen molar-refractivity contribution in [2.75, 3.05) is 17.2 Å². The molecule has 3 aromatic heterocycles. The molecule has 3 heterocycles. The van der Waals surface area contributed by atoms with Crippen molar-refractivity contribution in [1.29, 1.82) is 0 Å². The number of nitrogens with zero attached hydrogens (tertiary/aromatic N) is 3. The summed E-state index contributed by atoms with van der Waals surface area (Å²) >= 11 is 1.59. The molecule has 33 heavy (non-hydrogen) atoms. The van der Waals surface area contributed by atoms with Gasteiger partial charge in [0.15, 0.2) is 5.69 Å². The molecule has 9 heteroatoms. The Morgan fingerprint density at radius 3 is 2.73 bits per heavy atom. The topological polar surface area (TPSA) is 102 Å². The number of rotatable bonds is 8. The molecule has 0 amide bonds. The van der Waals surface area contributed by atoms with Crippen molar-refractivity contribution in [2.45, 2.75) is 46.6 Å². The number of oxazole rings is 1. The molecule has 0 unspecified atom stereocenters. The zero-order chi connectivity index (χ0) is 23.5. The maximum atomic E-state index is 12.4. The van der Waals surface area contributed by atoms with Crippen LogP contribution < -0.4 is 10.6 Å². The molecule has 0 saturated heterocycles. The Morgan fingerprint density at radius 1 is 1.18 bits per heavy atom. The summed E-state index contributed by atoms with van der Waals surface area (Å²) in [6, 6.07) is 8.08. The van der Waals surface area contributed by atoms with Crippen LogP contribution in [0.15, 0.2) is 40.4 Å². The van der Waals surface area contributed by atoms with Gasteiger partial charge in [-0.2, -0.15) is 0 Å². The summed E-state index contributed by atoms with van der Waals surface area (Å²) in [6.45, 7) is 10.0. The van der Waals surface area contributed by atoms with Gasteiger partial charge in [0.2, 0.25) is 5.89 Å². The third-order valence-corrected chi connectivity index (χ3v) is 5.62. The maximum absolute atomic E-state index is 12.4. The van der Waals surface area contributed by atoms with Crippen LogP contribution in [0.1, 0.15) is 56.8 Å². The lowest BCUT2D eigenvalue weighted by Gasteiger charge is -2.15. The number of esters is 1. The van der Waals surface area contributed by atoms with Crippen LogP contribution in [0.5, 0.6) is 0 Å². The van der Waals surface area contributed by atoms with Crippen LogP contribution in [0.3, 0.4) is 0 Å². The van der Waals surface area contributed by atoms with Crippen LogP contribution in [0.2, 0.25) is 0 Å². The van der Waals surface area contributed by atoms with Crippen LogP contribution in [0.25, 0.3) is 21.7 Å². The Bertz CT molecular complexity index is 1280. The van der Waals surface area contributed by atoms with E-state index in [2.05, 4.69) is 25.6 Å². The molecule has 172 valence electrons. The minimum absolute atomic E-state index is 0.0253. The van der Waals surface area contributed by atoms with Gasteiger partial charge in [-0.15, -0.1) is 11.3 Å². The van der Waals surface area contributed by atoms with E-state index in [-0.39, 0.29) is 24.3 Å². The van der Waals surface area contributed by atoms with Gasteiger partial charge in [-0.05, 0) is 39.0 Å². The Morgan fingerprint density at radius 2 is 2.00 bits per heavy atom. The zero-order valence-corrected chi connectivity index (χ0v) is 20.1. The molecule has 0 saturated carbocycles. The minimum atomic E-state index is -0.487. The number of nitrogens with one attached hydrogen (secondary N) is 2. The van der Waals surface area contributed by atoms with E-state index in [1.807, 2.05) is 57.5 Å². The number of carbonyl (C=O) groups is 1. The number of carbonyl (C=O) groups excluding carboxylic acids is 1. The molecule has 4 aromatic rings. The first-order valence-corrected chi connectivity index (χ1v) is 11.8. The highest BCUT2D eigenvalue weighted by Crippen LogP contribution is 2.34. The van der Waals surface area contributed by atoms with Gasteiger partial charge in [-0.3, -0.25) is 0 Å². The van der Waals surface area contributed by atoms with Gasteiger partial charge in [0, 0.05) is 29.9 Å². The summed E-state index contributed by atoms with van der Waals surface area (Å²) in [5.74, 6) is 0.989.